The molecule has 1 heterocycles. The number of anilines is 1. The molecular weight excluding hydrogens is 283 g/mol. The van der Waals surface area contributed by atoms with Crippen molar-refractivity contribution in [1.29, 1.82) is 0 Å². The Morgan fingerprint density at radius 1 is 1.50 bits per heavy atom. The average molecular weight is 301 g/mol. The Hall–Kier alpha value is -1.33. The molecule has 6 heteroatoms. The molecule has 0 aromatic heterocycles. The van der Waals surface area contributed by atoms with Gasteiger partial charge in [-0.2, -0.15) is 0 Å². The van der Waals surface area contributed by atoms with Crippen molar-refractivity contribution in [2.75, 3.05) is 25.1 Å². The highest BCUT2D eigenvalue weighted by Gasteiger charge is 2.15. The summed E-state index contributed by atoms with van der Waals surface area (Å²) in [5.74, 6) is -0.0161. The first kappa shape index (κ1) is 15.1. The van der Waals surface area contributed by atoms with Crippen LogP contribution < -0.4 is 10.6 Å². The summed E-state index contributed by atoms with van der Waals surface area (Å²) in [5, 5.41) is 5.14. The van der Waals surface area contributed by atoms with E-state index in [9.17, 15) is 9.18 Å². The number of carbonyl (C=O) groups is 1. The van der Waals surface area contributed by atoms with Crippen molar-refractivity contribution in [1.82, 2.24) is 5.32 Å². The van der Waals surface area contributed by atoms with E-state index in [1.165, 1.54) is 12.1 Å². The van der Waals surface area contributed by atoms with E-state index >= 15 is 0 Å². The van der Waals surface area contributed by atoms with Crippen molar-refractivity contribution in [3.8, 4) is 0 Å². The number of ether oxygens (including phenoxy) is 1. The lowest BCUT2D eigenvalue weighted by Crippen LogP contribution is -2.30. The first-order chi connectivity index (χ1) is 9.66. The molecule has 110 valence electrons. The summed E-state index contributed by atoms with van der Waals surface area (Å²) in [5.41, 5.74) is 0.0826. The van der Waals surface area contributed by atoms with E-state index in [0.29, 0.717) is 12.5 Å². The van der Waals surface area contributed by atoms with Gasteiger partial charge in [0.2, 0.25) is 0 Å². The third kappa shape index (κ3) is 4.35. The standard InChI is InChI=1S/C14H18ClFN2O2/c15-11-4-1-5-12(13(11)16)18-14(19)17-7-2-3-10-6-8-20-9-10/h1,4-5,10H,2-3,6-9H2,(H2,17,18,19)/t10-/m1/s1. The van der Waals surface area contributed by atoms with E-state index < -0.39 is 11.8 Å². The van der Waals surface area contributed by atoms with Gasteiger partial charge in [-0.3, -0.25) is 0 Å². The second-order valence-electron chi connectivity index (χ2n) is 4.85. The van der Waals surface area contributed by atoms with Gasteiger partial charge >= 0.3 is 6.03 Å². The van der Waals surface area contributed by atoms with E-state index in [4.69, 9.17) is 16.3 Å². The number of halogens is 2. The quantitative estimate of drug-likeness (QED) is 0.819. The van der Waals surface area contributed by atoms with Gasteiger partial charge in [0.25, 0.3) is 0 Å². The summed E-state index contributed by atoms with van der Waals surface area (Å²) in [4.78, 5) is 11.6. The number of benzene rings is 1. The van der Waals surface area contributed by atoms with Gasteiger partial charge in [-0.15, -0.1) is 0 Å². The summed E-state index contributed by atoms with van der Waals surface area (Å²) in [7, 11) is 0. The minimum Gasteiger partial charge on any atom is -0.381 e. The minimum atomic E-state index is -0.618. The fourth-order valence-corrected chi connectivity index (χ4v) is 2.35. The van der Waals surface area contributed by atoms with Crippen molar-refractivity contribution in [3.63, 3.8) is 0 Å². The van der Waals surface area contributed by atoms with Gasteiger partial charge in [0.15, 0.2) is 5.82 Å². The normalized spacial score (nSPS) is 18.0. The fraction of sp³-hybridized carbons (Fsp3) is 0.500. The Kier molecular flexibility index (Phi) is 5.61. The highest BCUT2D eigenvalue weighted by Crippen LogP contribution is 2.21. The number of rotatable bonds is 5. The Bertz CT molecular complexity index is 464. The zero-order chi connectivity index (χ0) is 14.4. The van der Waals surface area contributed by atoms with Gasteiger partial charge in [0, 0.05) is 19.8 Å². The maximum absolute atomic E-state index is 13.6. The molecule has 1 saturated heterocycles. The zero-order valence-electron chi connectivity index (χ0n) is 11.1. The maximum atomic E-state index is 13.6. The summed E-state index contributed by atoms with van der Waals surface area (Å²) >= 11 is 5.64. The van der Waals surface area contributed by atoms with E-state index in [-0.39, 0.29) is 10.7 Å². The van der Waals surface area contributed by atoms with Crippen LogP contribution in [-0.2, 0) is 4.74 Å². The van der Waals surface area contributed by atoms with Gasteiger partial charge < -0.3 is 15.4 Å². The highest BCUT2D eigenvalue weighted by atomic mass is 35.5. The molecule has 0 bridgehead atoms. The van der Waals surface area contributed by atoms with Crippen LogP contribution in [0.5, 0.6) is 0 Å². The summed E-state index contributed by atoms with van der Waals surface area (Å²) < 4.78 is 18.9. The highest BCUT2D eigenvalue weighted by molar-refractivity contribution is 6.31. The molecule has 20 heavy (non-hydrogen) atoms. The molecule has 4 nitrogen and oxygen atoms in total. The Labute approximate surface area is 122 Å². The molecule has 0 spiro atoms. The number of urea groups is 1. The van der Waals surface area contributed by atoms with Crippen LogP contribution in [0.15, 0.2) is 18.2 Å². The van der Waals surface area contributed by atoms with E-state index in [0.717, 1.165) is 32.5 Å². The molecule has 0 aliphatic carbocycles. The zero-order valence-corrected chi connectivity index (χ0v) is 11.9. The number of carbonyl (C=O) groups excluding carboxylic acids is 1. The van der Waals surface area contributed by atoms with E-state index in [1.54, 1.807) is 6.07 Å². The number of nitrogens with one attached hydrogen (secondary N) is 2. The van der Waals surface area contributed by atoms with Crippen LogP contribution in [0.3, 0.4) is 0 Å². The van der Waals surface area contributed by atoms with Crippen molar-refractivity contribution in [3.05, 3.63) is 29.0 Å². The maximum Gasteiger partial charge on any atom is 0.319 e. The molecule has 0 saturated carbocycles. The van der Waals surface area contributed by atoms with Gasteiger partial charge in [-0.1, -0.05) is 17.7 Å². The lowest BCUT2D eigenvalue weighted by molar-refractivity contribution is 0.184. The van der Waals surface area contributed by atoms with Crippen LogP contribution in [-0.4, -0.2) is 25.8 Å². The van der Waals surface area contributed by atoms with Crippen LogP contribution in [0.1, 0.15) is 19.3 Å². The number of hydrogen-bond acceptors (Lipinski definition) is 2. The molecule has 1 aromatic rings. The number of amides is 2. The van der Waals surface area contributed by atoms with Crippen LogP contribution in [0.25, 0.3) is 0 Å². The molecule has 0 radical (unpaired) electrons. The minimum absolute atomic E-state index is 0.0102. The average Bonchev–Trinajstić information content (AvgIpc) is 2.93. The van der Waals surface area contributed by atoms with Gasteiger partial charge in [0.1, 0.15) is 0 Å². The third-order valence-electron chi connectivity index (χ3n) is 3.30. The van der Waals surface area contributed by atoms with Gasteiger partial charge in [-0.05, 0) is 37.3 Å². The van der Waals surface area contributed by atoms with Gasteiger partial charge in [0.05, 0.1) is 10.7 Å². The van der Waals surface area contributed by atoms with E-state index in [2.05, 4.69) is 10.6 Å². The van der Waals surface area contributed by atoms with Crippen LogP contribution >= 0.6 is 11.6 Å². The topological polar surface area (TPSA) is 50.4 Å². The predicted octanol–water partition coefficient (Wildman–Crippen LogP) is 3.42. The Morgan fingerprint density at radius 2 is 2.35 bits per heavy atom. The fourth-order valence-electron chi connectivity index (χ4n) is 2.17. The van der Waals surface area contributed by atoms with Crippen LogP contribution in [0.4, 0.5) is 14.9 Å². The van der Waals surface area contributed by atoms with E-state index in [1.807, 2.05) is 0 Å². The summed E-state index contributed by atoms with van der Waals surface area (Å²) in [6.07, 6.45) is 3.02. The van der Waals surface area contributed by atoms with Crippen LogP contribution in [0.2, 0.25) is 5.02 Å². The van der Waals surface area contributed by atoms with Gasteiger partial charge in [-0.25, -0.2) is 9.18 Å². The first-order valence-corrected chi connectivity index (χ1v) is 7.11. The van der Waals surface area contributed by atoms with Crippen LogP contribution in [0, 0.1) is 11.7 Å². The van der Waals surface area contributed by atoms with Crippen molar-refractivity contribution in [2.24, 2.45) is 5.92 Å². The van der Waals surface area contributed by atoms with Crippen molar-refractivity contribution >= 4 is 23.3 Å². The Balaban J connectivity index is 1.68. The molecule has 2 amide bonds. The predicted molar refractivity (Wildman–Crippen MR) is 76.6 cm³/mol. The monoisotopic (exact) mass is 300 g/mol. The largest absolute Gasteiger partial charge is 0.381 e. The summed E-state index contributed by atoms with van der Waals surface area (Å²) in [6.45, 7) is 2.22. The molecule has 1 aliphatic rings. The van der Waals surface area contributed by atoms with Crippen molar-refractivity contribution < 1.29 is 13.9 Å². The molecule has 1 aromatic carbocycles. The second-order valence-corrected chi connectivity index (χ2v) is 5.26. The second kappa shape index (κ2) is 7.45. The van der Waals surface area contributed by atoms with Crippen molar-refractivity contribution in [2.45, 2.75) is 19.3 Å². The SMILES string of the molecule is O=C(NCCC[C@@H]1CCOC1)Nc1cccc(Cl)c1F. The molecule has 0 unspecified atom stereocenters. The molecular formula is C14H18ClFN2O2. The lowest BCUT2D eigenvalue weighted by atomic mass is 10.0. The molecule has 2 rings (SSSR count). The molecule has 1 aliphatic heterocycles. The Morgan fingerprint density at radius 3 is 3.10 bits per heavy atom. The summed E-state index contributed by atoms with van der Waals surface area (Å²) in [6, 6.07) is 4.07. The smallest absolute Gasteiger partial charge is 0.319 e. The third-order valence-corrected chi connectivity index (χ3v) is 3.59. The number of hydrogen-bond donors (Lipinski definition) is 2. The first-order valence-electron chi connectivity index (χ1n) is 6.73. The molecule has 1 atom stereocenters. The lowest BCUT2D eigenvalue weighted by Gasteiger charge is -2.10. The molecule has 2 N–H and O–H groups in total. The molecule has 1 fully saturated rings.